The number of piperidine rings is 1. The summed E-state index contributed by atoms with van der Waals surface area (Å²) in [6.45, 7) is 1.77. The maximum absolute atomic E-state index is 13.6. The smallest absolute Gasteiger partial charge is 0.222 e. The van der Waals surface area contributed by atoms with Crippen LogP contribution in [0.3, 0.4) is 0 Å². The molecule has 0 spiro atoms. The van der Waals surface area contributed by atoms with Crippen molar-refractivity contribution >= 4 is 11.8 Å². The Bertz CT molecular complexity index is 825. The minimum Gasteiger partial charge on any atom is -0.352 e. The fourth-order valence-electron chi connectivity index (χ4n) is 4.03. The van der Waals surface area contributed by atoms with Crippen LogP contribution in [-0.2, 0) is 22.6 Å². The van der Waals surface area contributed by atoms with Crippen LogP contribution >= 0.6 is 0 Å². The molecule has 1 fully saturated rings. The van der Waals surface area contributed by atoms with Crippen molar-refractivity contribution in [2.45, 2.75) is 51.5 Å². The number of hydrogen-bond donors (Lipinski definition) is 1. The predicted octanol–water partition coefficient (Wildman–Crippen LogP) is 4.48. The fourth-order valence-corrected chi connectivity index (χ4v) is 4.03. The molecule has 0 aromatic heterocycles. The topological polar surface area (TPSA) is 49.4 Å². The molecule has 30 heavy (non-hydrogen) atoms. The lowest BCUT2D eigenvalue weighted by Crippen LogP contribution is -2.40. The zero-order valence-corrected chi connectivity index (χ0v) is 17.5. The second kappa shape index (κ2) is 11.5. The van der Waals surface area contributed by atoms with Gasteiger partial charge < -0.3 is 10.2 Å². The first-order valence-corrected chi connectivity index (χ1v) is 10.9. The fraction of sp³-hybridized carbons (Fsp3) is 0.440. The van der Waals surface area contributed by atoms with Crippen LogP contribution in [0.2, 0.25) is 0 Å². The number of rotatable bonds is 9. The lowest BCUT2D eigenvalue weighted by Gasteiger charge is -2.33. The highest BCUT2D eigenvalue weighted by Crippen LogP contribution is 2.22. The summed E-state index contributed by atoms with van der Waals surface area (Å²) >= 11 is 0. The second-order valence-corrected chi connectivity index (χ2v) is 8.09. The summed E-state index contributed by atoms with van der Waals surface area (Å²) in [5.41, 5.74) is 1.76. The molecule has 160 valence electrons. The summed E-state index contributed by atoms with van der Waals surface area (Å²) in [6, 6.07) is 16.7. The Morgan fingerprint density at radius 1 is 1.03 bits per heavy atom. The first-order valence-electron chi connectivity index (χ1n) is 10.9. The Labute approximate surface area is 178 Å². The van der Waals surface area contributed by atoms with Crippen LogP contribution in [0.15, 0.2) is 54.6 Å². The van der Waals surface area contributed by atoms with E-state index in [9.17, 15) is 14.0 Å². The first-order chi connectivity index (χ1) is 14.6. The van der Waals surface area contributed by atoms with E-state index in [0.29, 0.717) is 24.3 Å². The van der Waals surface area contributed by atoms with Gasteiger partial charge in [0, 0.05) is 38.0 Å². The van der Waals surface area contributed by atoms with Crippen molar-refractivity contribution in [3.05, 3.63) is 71.5 Å². The zero-order chi connectivity index (χ0) is 21.2. The highest BCUT2D eigenvalue weighted by molar-refractivity contribution is 5.76. The van der Waals surface area contributed by atoms with Crippen molar-refractivity contribution in [3.63, 3.8) is 0 Å². The molecule has 0 bridgehead atoms. The minimum atomic E-state index is -0.300. The number of nitrogens with zero attached hydrogens (tertiary/aromatic N) is 1. The molecule has 0 aliphatic carbocycles. The second-order valence-electron chi connectivity index (χ2n) is 8.09. The molecule has 2 amide bonds. The van der Waals surface area contributed by atoms with Gasteiger partial charge in [-0.3, -0.25) is 9.59 Å². The number of likely N-dealkylation sites (tertiary alicyclic amines) is 1. The van der Waals surface area contributed by atoms with E-state index in [1.165, 1.54) is 11.6 Å². The molecule has 3 rings (SSSR count). The van der Waals surface area contributed by atoms with E-state index in [-0.39, 0.29) is 24.2 Å². The van der Waals surface area contributed by atoms with E-state index in [0.717, 1.165) is 45.2 Å². The molecule has 2 aromatic rings. The quantitative estimate of drug-likeness (QED) is 0.662. The third-order valence-electron chi connectivity index (χ3n) is 5.78. The minimum absolute atomic E-state index is 0.0652. The lowest BCUT2D eigenvalue weighted by atomic mass is 9.93. The molecular formula is C25H31FN2O2. The molecule has 1 heterocycles. The van der Waals surface area contributed by atoms with E-state index < -0.39 is 0 Å². The summed E-state index contributed by atoms with van der Waals surface area (Å²) in [6.07, 6.45) is 5.58. The summed E-state index contributed by atoms with van der Waals surface area (Å²) in [5.74, 6) is 0.215. The van der Waals surface area contributed by atoms with E-state index in [2.05, 4.69) is 17.4 Å². The number of carbonyl (C=O) groups is 2. The number of amides is 2. The number of hydrogen-bond acceptors (Lipinski definition) is 2. The molecule has 5 heteroatoms. The third-order valence-corrected chi connectivity index (χ3v) is 5.78. The standard InChI is InChI=1S/C25H31FN2O2/c26-23-13-5-4-12-22(23)18-27-24(29)16-15-21-11-7-17-28(19-21)25(30)14-6-10-20-8-2-1-3-9-20/h1-5,8-9,12-13,21H,6-7,10-11,14-19H2,(H,27,29). The van der Waals surface area contributed by atoms with E-state index in [1.54, 1.807) is 18.2 Å². The Morgan fingerprint density at radius 3 is 2.60 bits per heavy atom. The van der Waals surface area contributed by atoms with Gasteiger partial charge in [0.25, 0.3) is 0 Å². The number of aryl methyl sites for hydroxylation is 1. The van der Waals surface area contributed by atoms with Gasteiger partial charge in [0.1, 0.15) is 5.82 Å². The van der Waals surface area contributed by atoms with Gasteiger partial charge in [0.05, 0.1) is 0 Å². The normalized spacial score (nSPS) is 16.3. The van der Waals surface area contributed by atoms with Gasteiger partial charge in [-0.1, -0.05) is 48.5 Å². The van der Waals surface area contributed by atoms with Crippen molar-refractivity contribution in [2.24, 2.45) is 5.92 Å². The Morgan fingerprint density at radius 2 is 1.80 bits per heavy atom. The van der Waals surface area contributed by atoms with Gasteiger partial charge in [-0.05, 0) is 49.7 Å². The maximum atomic E-state index is 13.6. The molecule has 1 aliphatic heterocycles. The SMILES string of the molecule is O=C(CCC1CCCN(C(=O)CCCc2ccccc2)C1)NCc1ccccc1F. The average Bonchev–Trinajstić information content (AvgIpc) is 2.78. The molecule has 0 saturated carbocycles. The van der Waals surface area contributed by atoms with Crippen LogP contribution in [0.25, 0.3) is 0 Å². The van der Waals surface area contributed by atoms with Gasteiger partial charge >= 0.3 is 0 Å². The zero-order valence-electron chi connectivity index (χ0n) is 17.5. The van der Waals surface area contributed by atoms with Crippen molar-refractivity contribution in [1.82, 2.24) is 10.2 Å². The molecule has 1 unspecified atom stereocenters. The molecule has 2 aromatic carbocycles. The van der Waals surface area contributed by atoms with Crippen LogP contribution in [0.5, 0.6) is 0 Å². The number of carbonyl (C=O) groups excluding carboxylic acids is 2. The number of benzene rings is 2. The largest absolute Gasteiger partial charge is 0.352 e. The molecule has 1 atom stereocenters. The third kappa shape index (κ3) is 6.97. The van der Waals surface area contributed by atoms with E-state index in [4.69, 9.17) is 0 Å². The molecule has 4 nitrogen and oxygen atoms in total. The van der Waals surface area contributed by atoms with Crippen LogP contribution in [-0.4, -0.2) is 29.8 Å². The monoisotopic (exact) mass is 410 g/mol. The summed E-state index contributed by atoms with van der Waals surface area (Å²) in [4.78, 5) is 26.7. The number of nitrogens with one attached hydrogen (secondary N) is 1. The summed E-state index contributed by atoms with van der Waals surface area (Å²) in [5, 5.41) is 2.80. The van der Waals surface area contributed by atoms with E-state index in [1.807, 2.05) is 23.1 Å². The van der Waals surface area contributed by atoms with E-state index >= 15 is 0 Å². The predicted molar refractivity (Wildman–Crippen MR) is 116 cm³/mol. The van der Waals surface area contributed by atoms with Gasteiger partial charge in [-0.15, -0.1) is 0 Å². The van der Waals surface area contributed by atoms with Crippen molar-refractivity contribution < 1.29 is 14.0 Å². The summed E-state index contributed by atoms with van der Waals surface area (Å²) in [7, 11) is 0. The Balaban J connectivity index is 1.35. The van der Waals surface area contributed by atoms with Gasteiger partial charge in [-0.2, -0.15) is 0 Å². The van der Waals surface area contributed by atoms with Crippen LogP contribution < -0.4 is 5.32 Å². The molecule has 1 saturated heterocycles. The van der Waals surface area contributed by atoms with Crippen LogP contribution in [0.4, 0.5) is 4.39 Å². The lowest BCUT2D eigenvalue weighted by molar-refractivity contribution is -0.133. The summed E-state index contributed by atoms with van der Waals surface area (Å²) < 4.78 is 13.6. The van der Waals surface area contributed by atoms with Gasteiger partial charge in [0.15, 0.2) is 0 Å². The van der Waals surface area contributed by atoms with Crippen molar-refractivity contribution in [2.75, 3.05) is 13.1 Å². The Kier molecular flexibility index (Phi) is 8.42. The molecule has 0 radical (unpaired) electrons. The van der Waals surface area contributed by atoms with Crippen LogP contribution in [0, 0.1) is 11.7 Å². The Hall–Kier alpha value is -2.69. The van der Waals surface area contributed by atoms with Gasteiger partial charge in [-0.25, -0.2) is 4.39 Å². The highest BCUT2D eigenvalue weighted by atomic mass is 19.1. The van der Waals surface area contributed by atoms with Crippen molar-refractivity contribution in [1.29, 1.82) is 0 Å². The molecule has 1 N–H and O–H groups in total. The average molecular weight is 411 g/mol. The molecular weight excluding hydrogens is 379 g/mol. The first kappa shape index (κ1) is 22.0. The maximum Gasteiger partial charge on any atom is 0.222 e. The number of halogens is 1. The van der Waals surface area contributed by atoms with Gasteiger partial charge in [0.2, 0.25) is 11.8 Å². The highest BCUT2D eigenvalue weighted by Gasteiger charge is 2.23. The van der Waals surface area contributed by atoms with Crippen LogP contribution in [0.1, 0.15) is 49.7 Å². The van der Waals surface area contributed by atoms with Crippen molar-refractivity contribution in [3.8, 4) is 0 Å². The molecule has 1 aliphatic rings.